The van der Waals surface area contributed by atoms with Crippen molar-refractivity contribution in [1.29, 1.82) is 0 Å². The van der Waals surface area contributed by atoms with Gasteiger partial charge in [-0.2, -0.15) is 0 Å². The van der Waals surface area contributed by atoms with E-state index < -0.39 is 0 Å². The Morgan fingerprint density at radius 1 is 1.31 bits per heavy atom. The lowest BCUT2D eigenvalue weighted by molar-refractivity contribution is 0.532. The quantitative estimate of drug-likeness (QED) is 0.710. The average molecular weight is 178 g/mol. The van der Waals surface area contributed by atoms with Crippen molar-refractivity contribution < 1.29 is 0 Å². The van der Waals surface area contributed by atoms with Crippen molar-refractivity contribution in [1.82, 2.24) is 5.32 Å². The molecule has 1 unspecified atom stereocenters. The van der Waals surface area contributed by atoms with E-state index in [0.29, 0.717) is 12.6 Å². The Labute approximate surface area is 80.1 Å². The van der Waals surface area contributed by atoms with Gasteiger partial charge >= 0.3 is 0 Å². The molecule has 3 N–H and O–H groups in total. The Bertz CT molecular complexity index is 217. The molecule has 0 aromatic heterocycles. The zero-order valence-electron chi connectivity index (χ0n) is 8.16. The maximum atomic E-state index is 5.58. The highest BCUT2D eigenvalue weighted by atomic mass is 14.9. The van der Waals surface area contributed by atoms with Gasteiger partial charge in [-0.1, -0.05) is 30.3 Å². The third-order valence-electron chi connectivity index (χ3n) is 2.32. The minimum Gasteiger partial charge on any atom is -0.329 e. The normalized spacial score (nSPS) is 12.8. The summed E-state index contributed by atoms with van der Waals surface area (Å²) in [4.78, 5) is 0. The minimum atomic E-state index is 0.445. The van der Waals surface area contributed by atoms with E-state index >= 15 is 0 Å². The van der Waals surface area contributed by atoms with E-state index in [1.165, 1.54) is 5.56 Å². The van der Waals surface area contributed by atoms with Crippen molar-refractivity contribution in [2.45, 2.75) is 18.9 Å². The van der Waals surface area contributed by atoms with Crippen LogP contribution in [0.1, 0.15) is 12.0 Å². The molecule has 0 saturated heterocycles. The van der Waals surface area contributed by atoms with Crippen molar-refractivity contribution in [3.8, 4) is 0 Å². The highest BCUT2D eigenvalue weighted by Crippen LogP contribution is 2.03. The zero-order chi connectivity index (χ0) is 9.52. The van der Waals surface area contributed by atoms with Crippen LogP contribution in [0.25, 0.3) is 0 Å². The van der Waals surface area contributed by atoms with E-state index in [9.17, 15) is 0 Å². The number of rotatable bonds is 5. The predicted octanol–water partition coefficient (Wildman–Crippen LogP) is 1.17. The molecule has 2 heteroatoms. The molecule has 0 fully saturated rings. The molecule has 0 saturated carbocycles. The Morgan fingerprint density at radius 3 is 2.54 bits per heavy atom. The molecular formula is C11H18N2. The van der Waals surface area contributed by atoms with Gasteiger partial charge in [-0.3, -0.25) is 0 Å². The van der Waals surface area contributed by atoms with Crippen LogP contribution in [-0.2, 0) is 6.42 Å². The molecule has 0 aliphatic carbocycles. The van der Waals surface area contributed by atoms with Crippen molar-refractivity contribution >= 4 is 0 Å². The maximum absolute atomic E-state index is 5.58. The summed E-state index contributed by atoms with van der Waals surface area (Å²) in [5, 5.41) is 3.20. The highest BCUT2D eigenvalue weighted by molar-refractivity contribution is 5.14. The summed E-state index contributed by atoms with van der Waals surface area (Å²) >= 11 is 0. The van der Waals surface area contributed by atoms with Crippen molar-refractivity contribution in [3.63, 3.8) is 0 Å². The van der Waals surface area contributed by atoms with Gasteiger partial charge in [0.15, 0.2) is 0 Å². The molecule has 72 valence electrons. The van der Waals surface area contributed by atoms with Gasteiger partial charge in [-0.15, -0.1) is 0 Å². The van der Waals surface area contributed by atoms with Crippen molar-refractivity contribution in [2.24, 2.45) is 5.73 Å². The number of hydrogen-bond donors (Lipinski definition) is 2. The molecule has 1 atom stereocenters. The molecule has 1 aromatic rings. The number of benzene rings is 1. The van der Waals surface area contributed by atoms with Crippen LogP contribution in [0.5, 0.6) is 0 Å². The van der Waals surface area contributed by atoms with Gasteiger partial charge in [0.05, 0.1) is 0 Å². The van der Waals surface area contributed by atoms with Gasteiger partial charge in [0, 0.05) is 12.6 Å². The van der Waals surface area contributed by atoms with E-state index in [1.807, 2.05) is 13.1 Å². The van der Waals surface area contributed by atoms with Crippen LogP contribution in [0, 0.1) is 0 Å². The van der Waals surface area contributed by atoms with Crippen molar-refractivity contribution in [3.05, 3.63) is 35.9 Å². The first-order chi connectivity index (χ1) is 6.36. The summed E-state index contributed by atoms with van der Waals surface area (Å²) in [5.41, 5.74) is 6.97. The van der Waals surface area contributed by atoms with Crippen LogP contribution in [0.2, 0.25) is 0 Å². The molecule has 1 aromatic carbocycles. The third kappa shape index (κ3) is 3.57. The lowest BCUT2D eigenvalue weighted by Crippen LogP contribution is -2.33. The molecule has 0 amide bonds. The number of nitrogens with two attached hydrogens (primary N) is 1. The summed E-state index contributed by atoms with van der Waals surface area (Å²) in [5.74, 6) is 0. The van der Waals surface area contributed by atoms with Crippen LogP contribution in [-0.4, -0.2) is 19.6 Å². The Kier molecular flexibility index (Phi) is 4.50. The summed E-state index contributed by atoms with van der Waals surface area (Å²) < 4.78 is 0. The molecular weight excluding hydrogens is 160 g/mol. The Hall–Kier alpha value is -0.860. The number of likely N-dealkylation sites (N-methyl/N-ethyl adjacent to an activating group) is 1. The Balaban J connectivity index is 2.34. The lowest BCUT2D eigenvalue weighted by Gasteiger charge is -2.12. The van der Waals surface area contributed by atoms with Gasteiger partial charge < -0.3 is 11.1 Å². The van der Waals surface area contributed by atoms with Crippen LogP contribution in [0.4, 0.5) is 0 Å². The molecule has 0 heterocycles. The maximum Gasteiger partial charge on any atom is 0.0190 e. The second-order valence-corrected chi connectivity index (χ2v) is 3.25. The summed E-state index contributed by atoms with van der Waals surface area (Å²) in [6.07, 6.45) is 2.21. The number of aryl methyl sites for hydroxylation is 1. The van der Waals surface area contributed by atoms with Crippen LogP contribution in [0.15, 0.2) is 30.3 Å². The topological polar surface area (TPSA) is 38.0 Å². The van der Waals surface area contributed by atoms with E-state index in [2.05, 4.69) is 29.6 Å². The second kappa shape index (κ2) is 5.73. The molecule has 2 nitrogen and oxygen atoms in total. The molecule has 0 bridgehead atoms. The van der Waals surface area contributed by atoms with Crippen LogP contribution in [0.3, 0.4) is 0 Å². The van der Waals surface area contributed by atoms with Gasteiger partial charge in [0.2, 0.25) is 0 Å². The predicted molar refractivity (Wildman–Crippen MR) is 56.7 cm³/mol. The van der Waals surface area contributed by atoms with E-state index in [1.54, 1.807) is 0 Å². The van der Waals surface area contributed by atoms with Gasteiger partial charge in [-0.25, -0.2) is 0 Å². The molecule has 0 spiro atoms. The average Bonchev–Trinajstić information content (AvgIpc) is 2.21. The van der Waals surface area contributed by atoms with Crippen LogP contribution >= 0.6 is 0 Å². The fourth-order valence-electron chi connectivity index (χ4n) is 1.37. The summed E-state index contributed by atoms with van der Waals surface area (Å²) in [6, 6.07) is 11.0. The molecule has 1 rings (SSSR count). The number of hydrogen-bond acceptors (Lipinski definition) is 2. The molecule has 0 radical (unpaired) electrons. The van der Waals surface area contributed by atoms with E-state index in [4.69, 9.17) is 5.73 Å². The summed E-state index contributed by atoms with van der Waals surface area (Å²) in [7, 11) is 1.96. The SMILES string of the molecule is CNC(CN)CCc1ccccc1. The largest absolute Gasteiger partial charge is 0.329 e. The minimum absolute atomic E-state index is 0.445. The fraction of sp³-hybridized carbons (Fsp3) is 0.455. The van der Waals surface area contributed by atoms with E-state index in [-0.39, 0.29) is 0 Å². The van der Waals surface area contributed by atoms with Crippen LogP contribution < -0.4 is 11.1 Å². The van der Waals surface area contributed by atoms with Gasteiger partial charge in [0.1, 0.15) is 0 Å². The zero-order valence-corrected chi connectivity index (χ0v) is 8.16. The first-order valence-corrected chi connectivity index (χ1v) is 4.78. The monoisotopic (exact) mass is 178 g/mol. The lowest BCUT2D eigenvalue weighted by atomic mass is 10.1. The fourth-order valence-corrected chi connectivity index (χ4v) is 1.37. The highest BCUT2D eigenvalue weighted by Gasteiger charge is 2.02. The number of nitrogens with one attached hydrogen (secondary N) is 1. The molecule has 0 aliphatic heterocycles. The van der Waals surface area contributed by atoms with E-state index in [0.717, 1.165) is 12.8 Å². The molecule has 0 aliphatic rings. The Morgan fingerprint density at radius 2 is 2.00 bits per heavy atom. The van der Waals surface area contributed by atoms with Gasteiger partial charge in [0.25, 0.3) is 0 Å². The first kappa shape index (κ1) is 10.2. The van der Waals surface area contributed by atoms with Crippen molar-refractivity contribution in [2.75, 3.05) is 13.6 Å². The van der Waals surface area contributed by atoms with Gasteiger partial charge in [-0.05, 0) is 25.5 Å². The summed E-state index contributed by atoms with van der Waals surface area (Å²) in [6.45, 7) is 0.712. The first-order valence-electron chi connectivity index (χ1n) is 4.78. The standard InChI is InChI=1S/C11H18N2/c1-13-11(9-12)8-7-10-5-3-2-4-6-10/h2-6,11,13H,7-9,12H2,1H3. The molecule has 13 heavy (non-hydrogen) atoms. The third-order valence-corrected chi connectivity index (χ3v) is 2.32. The smallest absolute Gasteiger partial charge is 0.0190 e. The second-order valence-electron chi connectivity index (χ2n) is 3.25.